The minimum absolute atomic E-state index is 0.268. The van der Waals surface area contributed by atoms with Crippen molar-refractivity contribution in [1.29, 1.82) is 0 Å². The highest BCUT2D eigenvalue weighted by Gasteiger charge is 2.15. The first kappa shape index (κ1) is 13.6. The molecule has 3 rings (SSSR count). The van der Waals surface area contributed by atoms with Crippen LogP contribution in [0, 0.1) is 5.92 Å². The maximum Gasteiger partial charge on any atom is 0.258 e. The highest BCUT2D eigenvalue weighted by Crippen LogP contribution is 2.15. The largest absolute Gasteiger partial charge is 0.381 e. The number of nitrogens with one attached hydrogen (secondary N) is 2. The van der Waals surface area contributed by atoms with E-state index >= 15 is 0 Å². The molecule has 0 aliphatic carbocycles. The molecule has 0 aromatic carbocycles. The van der Waals surface area contributed by atoms with Crippen molar-refractivity contribution in [3.8, 4) is 5.95 Å². The molecule has 1 aliphatic rings. The fraction of sp³-hybridized carbons (Fsp3) is 0.545. The number of nitrogen functional groups attached to an aromatic ring is 1. The second-order valence-corrected chi connectivity index (χ2v) is 4.70. The van der Waals surface area contributed by atoms with Crippen LogP contribution in [0.15, 0.2) is 12.7 Å². The lowest BCUT2D eigenvalue weighted by molar-refractivity contribution is 0.0699. The molecule has 3 heterocycles. The van der Waals surface area contributed by atoms with Crippen molar-refractivity contribution >= 4 is 11.9 Å². The van der Waals surface area contributed by atoms with Crippen molar-refractivity contribution in [3.63, 3.8) is 0 Å². The quantitative estimate of drug-likeness (QED) is 0.496. The zero-order chi connectivity index (χ0) is 14.5. The van der Waals surface area contributed by atoms with Crippen molar-refractivity contribution in [2.75, 3.05) is 30.5 Å². The molecule has 10 nitrogen and oxygen atoms in total. The van der Waals surface area contributed by atoms with E-state index in [-0.39, 0.29) is 5.95 Å². The van der Waals surface area contributed by atoms with Gasteiger partial charge in [0.15, 0.2) is 0 Å². The van der Waals surface area contributed by atoms with Crippen LogP contribution in [0.4, 0.5) is 11.9 Å². The Bertz CT molecular complexity index is 567. The smallest absolute Gasteiger partial charge is 0.258 e. The molecule has 2 aromatic heterocycles. The maximum atomic E-state index is 5.39. The number of hydrogen-bond donors (Lipinski definition) is 3. The summed E-state index contributed by atoms with van der Waals surface area (Å²) >= 11 is 0. The van der Waals surface area contributed by atoms with E-state index < -0.39 is 0 Å². The van der Waals surface area contributed by atoms with Gasteiger partial charge in [-0.15, -0.1) is 0 Å². The third kappa shape index (κ3) is 3.41. The summed E-state index contributed by atoms with van der Waals surface area (Å²) in [4.78, 5) is 16.5. The minimum atomic E-state index is 0.268. The van der Waals surface area contributed by atoms with Gasteiger partial charge in [0.1, 0.15) is 12.7 Å². The molecule has 1 fully saturated rings. The van der Waals surface area contributed by atoms with Gasteiger partial charge in [-0.05, 0) is 18.8 Å². The Morgan fingerprint density at radius 3 is 2.76 bits per heavy atom. The fourth-order valence-corrected chi connectivity index (χ4v) is 2.11. The van der Waals surface area contributed by atoms with Gasteiger partial charge in [-0.2, -0.15) is 24.7 Å². The zero-order valence-corrected chi connectivity index (χ0v) is 11.4. The molecule has 0 bridgehead atoms. The molecule has 21 heavy (non-hydrogen) atoms. The van der Waals surface area contributed by atoms with Crippen LogP contribution in [0.25, 0.3) is 5.95 Å². The van der Waals surface area contributed by atoms with E-state index in [1.807, 2.05) is 0 Å². The average Bonchev–Trinajstić information content (AvgIpc) is 3.08. The molecule has 0 amide bonds. The predicted molar refractivity (Wildman–Crippen MR) is 74.6 cm³/mol. The van der Waals surface area contributed by atoms with Crippen LogP contribution < -0.4 is 16.6 Å². The van der Waals surface area contributed by atoms with E-state index in [2.05, 4.69) is 35.8 Å². The van der Waals surface area contributed by atoms with Crippen LogP contribution >= 0.6 is 0 Å². The monoisotopic (exact) mass is 291 g/mol. The SMILES string of the molecule is NNc1nc(NCC2CCOCC2)nc(-n2cncn2)n1. The second kappa shape index (κ2) is 6.41. The first-order valence-corrected chi connectivity index (χ1v) is 6.74. The van der Waals surface area contributed by atoms with Gasteiger partial charge in [0.05, 0.1) is 0 Å². The number of anilines is 2. The molecular formula is C11H17N9O. The summed E-state index contributed by atoms with van der Waals surface area (Å²) in [6.07, 6.45) is 5.00. The van der Waals surface area contributed by atoms with Crippen LogP contribution in [-0.2, 0) is 4.74 Å². The third-order valence-electron chi connectivity index (χ3n) is 3.27. The van der Waals surface area contributed by atoms with Crippen molar-refractivity contribution in [2.24, 2.45) is 11.8 Å². The van der Waals surface area contributed by atoms with Gasteiger partial charge < -0.3 is 10.1 Å². The molecule has 10 heteroatoms. The number of ether oxygens (including phenoxy) is 1. The first-order valence-electron chi connectivity index (χ1n) is 6.74. The van der Waals surface area contributed by atoms with E-state index in [0.29, 0.717) is 17.8 Å². The minimum Gasteiger partial charge on any atom is -0.381 e. The van der Waals surface area contributed by atoms with Gasteiger partial charge in [0, 0.05) is 19.8 Å². The van der Waals surface area contributed by atoms with E-state index in [1.54, 1.807) is 0 Å². The Hall–Kier alpha value is -2.33. The summed E-state index contributed by atoms with van der Waals surface area (Å²) in [5, 5.41) is 7.21. The second-order valence-electron chi connectivity index (χ2n) is 4.70. The topological polar surface area (TPSA) is 129 Å². The summed E-state index contributed by atoms with van der Waals surface area (Å²) in [7, 11) is 0. The van der Waals surface area contributed by atoms with Crippen LogP contribution in [0.2, 0.25) is 0 Å². The number of rotatable bonds is 5. The van der Waals surface area contributed by atoms with Crippen LogP contribution in [0.1, 0.15) is 12.8 Å². The molecule has 0 saturated carbocycles. The lowest BCUT2D eigenvalue weighted by Gasteiger charge is -2.22. The van der Waals surface area contributed by atoms with E-state index in [9.17, 15) is 0 Å². The van der Waals surface area contributed by atoms with E-state index in [4.69, 9.17) is 10.6 Å². The molecule has 0 atom stereocenters. The van der Waals surface area contributed by atoms with E-state index in [0.717, 1.165) is 32.6 Å². The lowest BCUT2D eigenvalue weighted by atomic mass is 10.0. The summed E-state index contributed by atoms with van der Waals surface area (Å²) in [6, 6.07) is 0. The van der Waals surface area contributed by atoms with E-state index in [1.165, 1.54) is 17.3 Å². The Kier molecular flexibility index (Phi) is 4.17. The number of hydrogen-bond acceptors (Lipinski definition) is 9. The van der Waals surface area contributed by atoms with Crippen LogP contribution in [-0.4, -0.2) is 49.5 Å². The van der Waals surface area contributed by atoms with Crippen LogP contribution in [0.5, 0.6) is 0 Å². The zero-order valence-electron chi connectivity index (χ0n) is 11.4. The standard InChI is InChI=1S/C11H17N9O/c12-19-10-16-9(14-5-8-1-3-21-4-2-8)17-11(18-10)20-7-13-6-15-20/h6-8H,1-5,12H2,(H2,14,16,17,18,19). The highest BCUT2D eigenvalue weighted by atomic mass is 16.5. The molecule has 0 radical (unpaired) electrons. The Labute approximate surface area is 121 Å². The molecule has 112 valence electrons. The average molecular weight is 291 g/mol. The van der Waals surface area contributed by atoms with Gasteiger partial charge in [-0.25, -0.2) is 10.8 Å². The van der Waals surface area contributed by atoms with Gasteiger partial charge in [-0.3, -0.25) is 5.43 Å². The number of aromatic nitrogens is 6. The molecular weight excluding hydrogens is 274 g/mol. The van der Waals surface area contributed by atoms with Crippen molar-refractivity contribution in [3.05, 3.63) is 12.7 Å². The molecule has 4 N–H and O–H groups in total. The molecule has 0 unspecified atom stereocenters. The summed E-state index contributed by atoms with van der Waals surface area (Å²) in [5.41, 5.74) is 2.42. The Morgan fingerprint density at radius 1 is 1.24 bits per heavy atom. The molecule has 1 aliphatic heterocycles. The summed E-state index contributed by atoms with van der Waals surface area (Å²) < 4.78 is 6.79. The number of hydrazine groups is 1. The number of nitrogens with two attached hydrogens (primary N) is 1. The van der Waals surface area contributed by atoms with Gasteiger partial charge in [-0.1, -0.05) is 0 Å². The predicted octanol–water partition coefficient (Wildman–Crippen LogP) is -0.424. The molecule has 2 aromatic rings. The Morgan fingerprint density at radius 2 is 2.05 bits per heavy atom. The normalized spacial score (nSPS) is 15.9. The third-order valence-corrected chi connectivity index (χ3v) is 3.27. The molecule has 1 saturated heterocycles. The number of nitrogens with zero attached hydrogens (tertiary/aromatic N) is 6. The van der Waals surface area contributed by atoms with Gasteiger partial charge >= 0.3 is 0 Å². The highest BCUT2D eigenvalue weighted by molar-refractivity contribution is 5.36. The lowest BCUT2D eigenvalue weighted by Crippen LogP contribution is -2.24. The Balaban J connectivity index is 1.73. The molecule has 0 spiro atoms. The summed E-state index contributed by atoms with van der Waals surface area (Å²) in [6.45, 7) is 2.40. The van der Waals surface area contributed by atoms with Crippen molar-refractivity contribution in [2.45, 2.75) is 12.8 Å². The first-order chi connectivity index (χ1) is 10.3. The fourth-order valence-electron chi connectivity index (χ4n) is 2.11. The van der Waals surface area contributed by atoms with Gasteiger partial charge in [0.25, 0.3) is 5.95 Å². The van der Waals surface area contributed by atoms with Crippen molar-refractivity contribution < 1.29 is 4.74 Å². The maximum absolute atomic E-state index is 5.39. The van der Waals surface area contributed by atoms with Crippen LogP contribution in [0.3, 0.4) is 0 Å². The summed E-state index contributed by atoms with van der Waals surface area (Å²) in [5.74, 6) is 7.02. The van der Waals surface area contributed by atoms with Gasteiger partial charge in [0.2, 0.25) is 11.9 Å². The van der Waals surface area contributed by atoms with Crippen molar-refractivity contribution in [1.82, 2.24) is 29.7 Å².